The van der Waals surface area contributed by atoms with Gasteiger partial charge in [0.2, 0.25) is 0 Å². The maximum absolute atomic E-state index is 13.5. The Labute approximate surface area is 272 Å². The third kappa shape index (κ3) is 8.28. The minimum Gasteiger partial charge on any atom is -0.447 e. The molecule has 5 rings (SSSR count). The van der Waals surface area contributed by atoms with Crippen LogP contribution in [0.2, 0.25) is 0 Å². The first kappa shape index (κ1) is 33.9. The van der Waals surface area contributed by atoms with Crippen LogP contribution in [0.1, 0.15) is 35.0 Å². The van der Waals surface area contributed by atoms with Gasteiger partial charge in [-0.2, -0.15) is 18.3 Å². The summed E-state index contributed by atoms with van der Waals surface area (Å²) in [6.07, 6.45) is -6.42. The van der Waals surface area contributed by atoms with Gasteiger partial charge in [-0.1, -0.05) is 48.0 Å². The molecule has 1 aliphatic rings. The Morgan fingerprint density at radius 3 is 2.35 bits per heavy atom. The number of nitrogens with zero attached hydrogens (tertiary/aromatic N) is 5. The molecule has 0 spiro atoms. The number of carbonyl (C=O) groups excluding carboxylic acids is 2. The Balaban J connectivity index is 1.14. The van der Waals surface area contributed by atoms with Gasteiger partial charge in [0.05, 0.1) is 27.9 Å². The normalized spacial score (nSPS) is 15.4. The summed E-state index contributed by atoms with van der Waals surface area (Å²) in [4.78, 5) is 29.1. The van der Waals surface area contributed by atoms with E-state index in [0.29, 0.717) is 24.1 Å². The van der Waals surface area contributed by atoms with Gasteiger partial charge < -0.3 is 14.3 Å². The molecule has 0 aliphatic carbocycles. The van der Waals surface area contributed by atoms with Gasteiger partial charge in [-0.3, -0.25) is 5.01 Å². The first-order valence-corrected chi connectivity index (χ1v) is 15.9. The van der Waals surface area contributed by atoms with E-state index < -0.39 is 46.3 Å². The average Bonchev–Trinajstić information content (AvgIpc) is 3.50. The van der Waals surface area contributed by atoms with E-state index in [9.17, 15) is 31.2 Å². The highest BCUT2D eigenvalue weighted by atomic mass is 32.2. The fraction of sp³-hybridized carbons (Fsp3) is 0.258. The van der Waals surface area contributed by atoms with E-state index in [-0.39, 0.29) is 22.9 Å². The zero-order valence-electron chi connectivity index (χ0n) is 25.5. The third-order valence-electron chi connectivity index (χ3n) is 7.11. The maximum atomic E-state index is 13.5. The fourth-order valence-electron chi connectivity index (χ4n) is 4.45. The van der Waals surface area contributed by atoms with E-state index >= 15 is 0 Å². The van der Waals surface area contributed by atoms with Crippen molar-refractivity contribution in [1.29, 1.82) is 0 Å². The second-order valence-electron chi connectivity index (χ2n) is 10.6. The molecule has 1 unspecified atom stereocenters. The molecule has 17 heteroatoms. The number of benzene rings is 3. The third-order valence-corrected chi connectivity index (χ3v) is 8.43. The number of rotatable bonds is 11. The summed E-state index contributed by atoms with van der Waals surface area (Å²) in [6, 6.07) is 20.4. The number of carbonyl (C=O) groups is 2. The zero-order chi connectivity index (χ0) is 34.5. The first-order valence-electron chi connectivity index (χ1n) is 14.4. The summed E-state index contributed by atoms with van der Waals surface area (Å²) in [6.45, 7) is 3.53. The molecule has 3 aromatic carbocycles. The molecule has 1 N–H and O–H groups in total. The van der Waals surface area contributed by atoms with Gasteiger partial charge in [-0.15, -0.1) is 0 Å². The van der Waals surface area contributed by atoms with Gasteiger partial charge in [0, 0.05) is 24.3 Å². The summed E-state index contributed by atoms with van der Waals surface area (Å²) in [5.41, 5.74) is 0.926. The van der Waals surface area contributed by atoms with Crippen LogP contribution in [0.4, 0.5) is 18.0 Å². The van der Waals surface area contributed by atoms with E-state index in [0.717, 1.165) is 28.4 Å². The van der Waals surface area contributed by atoms with Gasteiger partial charge in [0.1, 0.15) is 6.61 Å². The van der Waals surface area contributed by atoms with Crippen molar-refractivity contribution in [3.8, 4) is 16.9 Å². The van der Waals surface area contributed by atoms with E-state index in [1.165, 1.54) is 24.1 Å². The van der Waals surface area contributed by atoms with E-state index in [2.05, 4.69) is 15.6 Å². The molecule has 1 saturated heterocycles. The molecule has 1 aliphatic heterocycles. The lowest BCUT2D eigenvalue weighted by Gasteiger charge is -2.36. The maximum Gasteiger partial charge on any atom is 0.435 e. The highest BCUT2D eigenvalue weighted by Gasteiger charge is 2.35. The Morgan fingerprint density at radius 2 is 1.73 bits per heavy atom. The summed E-state index contributed by atoms with van der Waals surface area (Å²) in [5, 5.41) is 12.5. The molecule has 1 fully saturated rings. The zero-order valence-corrected chi connectivity index (χ0v) is 26.3. The first-order chi connectivity index (χ1) is 22.8. The number of aromatic nitrogens is 2. The van der Waals surface area contributed by atoms with Crippen LogP contribution >= 0.6 is 0 Å². The fourth-order valence-corrected chi connectivity index (χ4v) is 5.34. The van der Waals surface area contributed by atoms with Crippen molar-refractivity contribution in [2.75, 3.05) is 13.2 Å². The molecule has 1 amide bonds. The van der Waals surface area contributed by atoms with E-state index in [1.807, 2.05) is 6.92 Å². The van der Waals surface area contributed by atoms with Crippen LogP contribution in [0.3, 0.4) is 0 Å². The summed E-state index contributed by atoms with van der Waals surface area (Å²) < 4.78 is 79.2. The number of esters is 1. The lowest BCUT2D eigenvalue weighted by atomic mass is 10.1. The van der Waals surface area contributed by atoms with Crippen LogP contribution < -0.4 is 4.72 Å². The molecule has 48 heavy (non-hydrogen) atoms. The number of nitrogens with one attached hydrogen (secondary N) is 1. The molecule has 2 heterocycles. The van der Waals surface area contributed by atoms with Crippen LogP contribution in [0.25, 0.3) is 16.9 Å². The molecular formula is C31H29F3N6O7S. The molecule has 0 radical (unpaired) electrons. The molecule has 13 nitrogen and oxygen atoms in total. The van der Waals surface area contributed by atoms with Crippen molar-refractivity contribution in [1.82, 2.24) is 19.5 Å². The van der Waals surface area contributed by atoms with Crippen molar-refractivity contribution in [2.45, 2.75) is 43.7 Å². The van der Waals surface area contributed by atoms with Crippen LogP contribution in [0.5, 0.6) is 0 Å². The Bertz CT molecular complexity index is 1880. The lowest BCUT2D eigenvalue weighted by Crippen LogP contribution is -2.47. The average molecular weight is 687 g/mol. The van der Waals surface area contributed by atoms with Gasteiger partial charge in [0.25, 0.3) is 16.3 Å². The topological polar surface area (TPSA) is 154 Å². The second kappa shape index (κ2) is 14.1. The minimum absolute atomic E-state index is 0.150. The summed E-state index contributed by atoms with van der Waals surface area (Å²) in [7, 11) is -4.40. The molecule has 252 valence electrons. The number of aryl methyl sites for hydroxylation is 1. The molecule has 4 aromatic rings. The number of sulfonamides is 1. The number of hydrogen-bond acceptors (Lipinski definition) is 10. The molecule has 1 aromatic heterocycles. The van der Waals surface area contributed by atoms with Crippen LogP contribution in [0, 0.1) is 6.92 Å². The number of amides is 1. The van der Waals surface area contributed by atoms with Crippen LogP contribution in [0.15, 0.2) is 100 Å². The largest absolute Gasteiger partial charge is 0.447 e. The molecule has 0 bridgehead atoms. The van der Waals surface area contributed by atoms with Crippen molar-refractivity contribution >= 4 is 22.1 Å². The van der Waals surface area contributed by atoms with Crippen molar-refractivity contribution in [3.05, 3.63) is 102 Å². The Hall–Kier alpha value is -5.45. The Kier molecular flexibility index (Phi) is 9.98. The number of ether oxygens (including phenoxy) is 2. The lowest BCUT2D eigenvalue weighted by molar-refractivity contribution is -0.141. The van der Waals surface area contributed by atoms with Gasteiger partial charge in [-0.25, -0.2) is 27.4 Å². The van der Waals surface area contributed by atoms with Crippen molar-refractivity contribution in [2.24, 2.45) is 10.5 Å². The number of alkyl halides is 3. The Morgan fingerprint density at radius 1 is 1.04 bits per heavy atom. The minimum atomic E-state index is -4.71. The highest BCUT2D eigenvalue weighted by molar-refractivity contribution is 7.90. The summed E-state index contributed by atoms with van der Waals surface area (Å²) >= 11 is 0. The number of halogens is 3. The van der Waals surface area contributed by atoms with Crippen molar-refractivity contribution < 1.29 is 45.5 Å². The molecule has 0 saturated carbocycles. The molecular weight excluding hydrogens is 657 g/mol. The van der Waals surface area contributed by atoms with Crippen molar-refractivity contribution in [3.63, 3.8) is 0 Å². The van der Waals surface area contributed by atoms with E-state index in [1.54, 1.807) is 59.3 Å². The van der Waals surface area contributed by atoms with Gasteiger partial charge in [-0.05, 0) is 61.0 Å². The van der Waals surface area contributed by atoms with Crippen LogP contribution in [-0.4, -0.2) is 60.8 Å². The predicted octanol–water partition coefficient (Wildman–Crippen LogP) is 5.86. The quantitative estimate of drug-likeness (QED) is 0.0885. The van der Waals surface area contributed by atoms with Crippen LogP contribution in [-0.2, 0) is 30.5 Å². The second-order valence-corrected chi connectivity index (χ2v) is 12.3. The highest BCUT2D eigenvalue weighted by Crippen LogP contribution is 2.33. The predicted molar refractivity (Wildman–Crippen MR) is 163 cm³/mol. The van der Waals surface area contributed by atoms with Gasteiger partial charge in [0.15, 0.2) is 5.69 Å². The smallest absolute Gasteiger partial charge is 0.435 e. The molecule has 2 atom stereocenters. The standard InChI is InChI=1S/C31H29F3N6O7S/c1-20-8-10-22(11-9-20)27-18-28(31(32,33)34)35-40(27)24-12-14-26(15-13-24)48(43,44)36-30(42)45-19-25-16-17-39(25)37-38-47-21(2)46-29(41)23-6-4-3-5-7-23/h3-15,18,21,25H,16-17,19H2,1-2H3,(H,36,42)/t21?,25-/m0/s1. The number of hydrogen-bond donors (Lipinski definition) is 1. The SMILES string of the molecule is Cc1ccc(-c2cc(C(F)(F)F)nn2-c2ccc(S(=O)(=O)NC(=O)OC[C@@H]3CCN3N=NOC(C)OC(=O)c3ccccc3)cc2)cc1. The van der Waals surface area contributed by atoms with E-state index in [4.69, 9.17) is 14.3 Å². The summed E-state index contributed by atoms with van der Waals surface area (Å²) in [5.74, 6) is -0.602. The van der Waals surface area contributed by atoms with Gasteiger partial charge >= 0.3 is 18.2 Å². The monoisotopic (exact) mass is 686 g/mol.